The molecular formula is C14H15F2NO2. The molecule has 19 heavy (non-hydrogen) atoms. The lowest BCUT2D eigenvalue weighted by Crippen LogP contribution is -2.21. The first-order valence-corrected chi connectivity index (χ1v) is 5.91. The molecule has 1 heterocycles. The second-order valence-corrected chi connectivity index (χ2v) is 4.42. The summed E-state index contributed by atoms with van der Waals surface area (Å²) in [7, 11) is 0. The SMILES string of the molecule is Cc1ccoc1C(O)C(CN)c1ccc(F)cc1F. The van der Waals surface area contributed by atoms with Gasteiger partial charge < -0.3 is 15.3 Å². The largest absolute Gasteiger partial charge is 0.466 e. The Balaban J connectivity index is 2.37. The van der Waals surface area contributed by atoms with Crippen molar-refractivity contribution in [2.75, 3.05) is 6.54 Å². The quantitative estimate of drug-likeness (QED) is 0.895. The number of benzene rings is 1. The molecule has 2 rings (SSSR count). The molecule has 0 fully saturated rings. The van der Waals surface area contributed by atoms with Gasteiger partial charge in [0.25, 0.3) is 0 Å². The molecule has 5 heteroatoms. The van der Waals surface area contributed by atoms with Crippen LogP contribution < -0.4 is 5.73 Å². The van der Waals surface area contributed by atoms with Crippen molar-refractivity contribution in [2.45, 2.75) is 18.9 Å². The maximum Gasteiger partial charge on any atom is 0.135 e. The molecule has 0 spiro atoms. The van der Waals surface area contributed by atoms with E-state index in [2.05, 4.69) is 0 Å². The third-order valence-corrected chi connectivity index (χ3v) is 3.17. The standard InChI is InChI=1S/C14H15F2NO2/c1-8-4-5-19-14(8)13(18)11(7-17)10-3-2-9(15)6-12(10)16/h2-6,11,13,18H,7,17H2,1H3. The zero-order chi connectivity index (χ0) is 14.0. The average molecular weight is 267 g/mol. The van der Waals surface area contributed by atoms with Crippen molar-refractivity contribution in [3.63, 3.8) is 0 Å². The monoisotopic (exact) mass is 267 g/mol. The Kier molecular flexibility index (Phi) is 3.97. The van der Waals surface area contributed by atoms with Crippen molar-refractivity contribution >= 4 is 0 Å². The second kappa shape index (κ2) is 5.50. The Hall–Kier alpha value is -1.72. The molecular weight excluding hydrogens is 252 g/mol. The van der Waals surface area contributed by atoms with Crippen LogP contribution in [0.3, 0.4) is 0 Å². The van der Waals surface area contributed by atoms with E-state index >= 15 is 0 Å². The Labute approximate surface area is 109 Å². The molecule has 0 saturated heterocycles. The molecule has 0 aliphatic carbocycles. The Morgan fingerprint density at radius 1 is 1.32 bits per heavy atom. The van der Waals surface area contributed by atoms with Crippen LogP contribution in [0.2, 0.25) is 0 Å². The van der Waals surface area contributed by atoms with Gasteiger partial charge in [-0.3, -0.25) is 0 Å². The van der Waals surface area contributed by atoms with Crippen LogP contribution in [0.5, 0.6) is 0 Å². The van der Waals surface area contributed by atoms with E-state index in [-0.39, 0.29) is 12.1 Å². The highest BCUT2D eigenvalue weighted by Crippen LogP contribution is 2.33. The van der Waals surface area contributed by atoms with E-state index in [9.17, 15) is 13.9 Å². The zero-order valence-electron chi connectivity index (χ0n) is 10.4. The Morgan fingerprint density at radius 2 is 2.05 bits per heavy atom. The molecule has 2 unspecified atom stereocenters. The van der Waals surface area contributed by atoms with Gasteiger partial charge in [-0.2, -0.15) is 0 Å². The van der Waals surface area contributed by atoms with Crippen LogP contribution in [0.15, 0.2) is 34.9 Å². The third kappa shape index (κ3) is 2.67. The van der Waals surface area contributed by atoms with Gasteiger partial charge in [0.2, 0.25) is 0 Å². The summed E-state index contributed by atoms with van der Waals surface area (Å²) in [5.74, 6) is -1.73. The average Bonchev–Trinajstić information content (AvgIpc) is 2.78. The summed E-state index contributed by atoms with van der Waals surface area (Å²) < 4.78 is 31.8. The van der Waals surface area contributed by atoms with Gasteiger partial charge in [0.05, 0.1) is 6.26 Å². The van der Waals surface area contributed by atoms with Gasteiger partial charge in [0.15, 0.2) is 0 Å². The molecule has 0 aliphatic rings. The number of nitrogens with two attached hydrogens (primary N) is 1. The molecule has 0 saturated carbocycles. The molecule has 1 aromatic carbocycles. The maximum absolute atomic E-state index is 13.8. The van der Waals surface area contributed by atoms with Gasteiger partial charge in [0, 0.05) is 18.5 Å². The van der Waals surface area contributed by atoms with Crippen molar-refractivity contribution in [2.24, 2.45) is 5.73 Å². The van der Waals surface area contributed by atoms with E-state index in [0.29, 0.717) is 5.76 Å². The normalized spacial score (nSPS) is 14.4. The predicted octanol–water partition coefficient (Wildman–Crippen LogP) is 2.64. The Morgan fingerprint density at radius 3 is 2.58 bits per heavy atom. The first kappa shape index (κ1) is 13.7. The number of aryl methyl sites for hydroxylation is 1. The van der Waals surface area contributed by atoms with Gasteiger partial charge in [-0.05, 0) is 30.2 Å². The number of halogens is 2. The van der Waals surface area contributed by atoms with E-state index in [4.69, 9.17) is 10.2 Å². The maximum atomic E-state index is 13.8. The number of rotatable bonds is 4. The molecule has 0 bridgehead atoms. The van der Waals surface area contributed by atoms with E-state index in [0.717, 1.165) is 17.7 Å². The minimum atomic E-state index is -1.07. The fourth-order valence-corrected chi connectivity index (χ4v) is 2.10. The van der Waals surface area contributed by atoms with Gasteiger partial charge in [0.1, 0.15) is 23.5 Å². The molecule has 0 amide bonds. The van der Waals surface area contributed by atoms with Crippen LogP contribution >= 0.6 is 0 Å². The number of hydrogen-bond donors (Lipinski definition) is 2. The summed E-state index contributed by atoms with van der Waals surface area (Å²) in [4.78, 5) is 0. The van der Waals surface area contributed by atoms with Crippen LogP contribution in [0.1, 0.15) is 28.9 Å². The Bertz CT molecular complexity index is 568. The summed E-state index contributed by atoms with van der Waals surface area (Å²) >= 11 is 0. The molecule has 1 aromatic heterocycles. The van der Waals surface area contributed by atoms with Gasteiger partial charge in [-0.25, -0.2) is 8.78 Å². The van der Waals surface area contributed by atoms with Gasteiger partial charge >= 0.3 is 0 Å². The van der Waals surface area contributed by atoms with E-state index < -0.39 is 23.7 Å². The fraction of sp³-hybridized carbons (Fsp3) is 0.286. The summed E-state index contributed by atoms with van der Waals surface area (Å²) in [5.41, 5.74) is 6.54. The van der Waals surface area contributed by atoms with Crippen LogP contribution in [0.25, 0.3) is 0 Å². The summed E-state index contributed by atoms with van der Waals surface area (Å²) in [6.45, 7) is 1.79. The first-order chi connectivity index (χ1) is 9.04. The van der Waals surface area contributed by atoms with Crippen molar-refractivity contribution < 1.29 is 18.3 Å². The molecule has 0 aliphatic heterocycles. The predicted molar refractivity (Wildman–Crippen MR) is 66.6 cm³/mol. The highest BCUT2D eigenvalue weighted by molar-refractivity contribution is 5.28. The lowest BCUT2D eigenvalue weighted by Gasteiger charge is -2.21. The minimum absolute atomic E-state index is 0.0177. The van der Waals surface area contributed by atoms with Crippen LogP contribution in [0, 0.1) is 18.6 Å². The van der Waals surface area contributed by atoms with E-state index in [1.807, 2.05) is 0 Å². The molecule has 2 atom stereocenters. The molecule has 102 valence electrons. The van der Waals surface area contributed by atoms with Crippen molar-refractivity contribution in [1.82, 2.24) is 0 Å². The summed E-state index contributed by atoms with van der Waals surface area (Å²) in [6.07, 6.45) is 0.377. The summed E-state index contributed by atoms with van der Waals surface area (Å²) in [6, 6.07) is 4.92. The molecule has 2 aromatic rings. The lowest BCUT2D eigenvalue weighted by molar-refractivity contribution is 0.119. The van der Waals surface area contributed by atoms with Crippen LogP contribution in [-0.2, 0) is 0 Å². The molecule has 0 radical (unpaired) electrons. The minimum Gasteiger partial charge on any atom is -0.466 e. The first-order valence-electron chi connectivity index (χ1n) is 5.91. The highest BCUT2D eigenvalue weighted by atomic mass is 19.1. The van der Waals surface area contributed by atoms with E-state index in [1.165, 1.54) is 12.3 Å². The van der Waals surface area contributed by atoms with Crippen molar-refractivity contribution in [3.05, 3.63) is 59.1 Å². The van der Waals surface area contributed by atoms with Gasteiger partial charge in [-0.1, -0.05) is 6.07 Å². The zero-order valence-corrected chi connectivity index (χ0v) is 10.4. The van der Waals surface area contributed by atoms with Gasteiger partial charge in [-0.15, -0.1) is 0 Å². The number of furan rings is 1. The van der Waals surface area contributed by atoms with Crippen molar-refractivity contribution in [3.8, 4) is 0 Å². The molecule has 3 nitrogen and oxygen atoms in total. The van der Waals surface area contributed by atoms with Crippen LogP contribution in [-0.4, -0.2) is 11.7 Å². The smallest absolute Gasteiger partial charge is 0.135 e. The highest BCUT2D eigenvalue weighted by Gasteiger charge is 2.27. The topological polar surface area (TPSA) is 59.4 Å². The third-order valence-electron chi connectivity index (χ3n) is 3.17. The second-order valence-electron chi connectivity index (χ2n) is 4.42. The number of hydrogen-bond acceptors (Lipinski definition) is 3. The number of aliphatic hydroxyl groups is 1. The molecule has 3 N–H and O–H groups in total. The lowest BCUT2D eigenvalue weighted by atomic mass is 9.90. The number of aliphatic hydroxyl groups excluding tert-OH is 1. The van der Waals surface area contributed by atoms with Crippen molar-refractivity contribution in [1.29, 1.82) is 0 Å². The van der Waals surface area contributed by atoms with Crippen LogP contribution in [0.4, 0.5) is 8.78 Å². The fourth-order valence-electron chi connectivity index (χ4n) is 2.10. The van der Waals surface area contributed by atoms with E-state index in [1.54, 1.807) is 13.0 Å². The summed E-state index contributed by atoms with van der Waals surface area (Å²) in [5, 5.41) is 10.3.